The van der Waals surface area contributed by atoms with Crippen molar-refractivity contribution in [3.05, 3.63) is 35.6 Å². The molecule has 1 aromatic heterocycles. The molecule has 6 heteroatoms. The number of aliphatic hydroxyl groups excluding tert-OH is 1. The average molecular weight is 414 g/mol. The molecule has 2 aromatic rings. The van der Waals surface area contributed by atoms with Gasteiger partial charge in [0.1, 0.15) is 11.6 Å². The van der Waals surface area contributed by atoms with E-state index in [-0.39, 0.29) is 17.3 Å². The molecule has 1 N–H and O–H groups in total. The molecule has 162 valence electrons. The summed E-state index contributed by atoms with van der Waals surface area (Å²) in [5.74, 6) is 0.701. The van der Waals surface area contributed by atoms with Gasteiger partial charge in [-0.25, -0.2) is 9.37 Å². The summed E-state index contributed by atoms with van der Waals surface area (Å²) in [4.78, 5) is 9.64. The van der Waals surface area contributed by atoms with Crippen molar-refractivity contribution >= 4 is 16.7 Å². The van der Waals surface area contributed by atoms with Gasteiger partial charge < -0.3 is 14.7 Å². The summed E-state index contributed by atoms with van der Waals surface area (Å²) < 4.78 is 19.3. The number of hydrogen-bond acceptors (Lipinski definition) is 5. The van der Waals surface area contributed by atoms with Crippen molar-refractivity contribution in [3.8, 4) is 0 Å². The number of β-amino-alcohol motifs (C(OH)–C–C–N with tert-alkyl or cyclic N) is 1. The lowest BCUT2D eigenvalue weighted by Gasteiger charge is -2.51. The molecule has 0 aliphatic carbocycles. The van der Waals surface area contributed by atoms with Crippen molar-refractivity contribution in [1.82, 2.24) is 9.88 Å². The Balaban J connectivity index is 1.31. The van der Waals surface area contributed by atoms with Gasteiger partial charge in [0.05, 0.1) is 11.6 Å². The number of ether oxygens (including phenoxy) is 1. The molecule has 3 fully saturated rings. The molecule has 5 nitrogen and oxygen atoms in total. The minimum Gasteiger partial charge on any atom is -0.392 e. The number of hydrogen-bond donors (Lipinski definition) is 1. The predicted octanol–water partition coefficient (Wildman–Crippen LogP) is 3.51. The lowest BCUT2D eigenvalue weighted by Crippen LogP contribution is -2.57. The molecule has 0 bridgehead atoms. The number of benzene rings is 1. The van der Waals surface area contributed by atoms with Crippen molar-refractivity contribution in [2.24, 2.45) is 5.41 Å². The highest BCUT2D eigenvalue weighted by molar-refractivity contribution is 5.84. The average Bonchev–Trinajstić information content (AvgIpc) is 2.74. The summed E-state index contributed by atoms with van der Waals surface area (Å²) >= 11 is 0. The highest BCUT2D eigenvalue weighted by Crippen LogP contribution is 2.42. The lowest BCUT2D eigenvalue weighted by atomic mass is 9.71. The molecular weight excluding hydrogens is 381 g/mol. The maximum absolute atomic E-state index is 13.7. The van der Waals surface area contributed by atoms with Crippen LogP contribution in [0.5, 0.6) is 0 Å². The predicted molar refractivity (Wildman–Crippen MR) is 116 cm³/mol. The van der Waals surface area contributed by atoms with E-state index >= 15 is 0 Å². The van der Waals surface area contributed by atoms with Gasteiger partial charge in [-0.3, -0.25) is 4.90 Å². The fraction of sp³-hybridized carbons (Fsp3) is 0.625. The zero-order chi connectivity index (χ0) is 20.7. The first kappa shape index (κ1) is 20.2. The van der Waals surface area contributed by atoms with Crippen LogP contribution in [0.3, 0.4) is 0 Å². The number of aliphatic hydroxyl groups is 1. The van der Waals surface area contributed by atoms with E-state index in [1.54, 1.807) is 0 Å². The molecule has 0 saturated carbocycles. The Bertz CT molecular complexity index is 907. The maximum atomic E-state index is 13.7. The number of fused-ring (bicyclic) bond motifs is 1. The summed E-state index contributed by atoms with van der Waals surface area (Å²) in [6, 6.07) is 7.52. The molecule has 1 atom stereocenters. The molecule has 5 rings (SSSR count). The van der Waals surface area contributed by atoms with Crippen LogP contribution in [0.4, 0.5) is 10.2 Å². The van der Waals surface area contributed by atoms with Gasteiger partial charge in [0.25, 0.3) is 0 Å². The van der Waals surface area contributed by atoms with Gasteiger partial charge in [-0.05, 0) is 68.2 Å². The van der Waals surface area contributed by atoms with Crippen LogP contribution < -0.4 is 4.90 Å². The van der Waals surface area contributed by atoms with E-state index in [9.17, 15) is 9.50 Å². The number of anilines is 1. The van der Waals surface area contributed by atoms with Crippen LogP contribution in [-0.2, 0) is 4.74 Å². The first-order chi connectivity index (χ1) is 14.5. The Kier molecular flexibility index (Phi) is 5.42. The molecule has 3 saturated heterocycles. The topological polar surface area (TPSA) is 48.8 Å². The summed E-state index contributed by atoms with van der Waals surface area (Å²) in [6.07, 6.45) is 4.93. The normalized spacial score (nSPS) is 25.8. The first-order valence-electron chi connectivity index (χ1n) is 11.3. The van der Waals surface area contributed by atoms with Gasteiger partial charge in [-0.1, -0.05) is 0 Å². The highest BCUT2D eigenvalue weighted by Gasteiger charge is 2.43. The Morgan fingerprint density at radius 1 is 1.17 bits per heavy atom. The van der Waals surface area contributed by atoms with E-state index in [4.69, 9.17) is 9.72 Å². The standard InChI is InChI=1S/C24H32FN3O2/c1-17-12-23(26-22-13-18(25)2-3-21(17)22)27-8-6-24(7-9-27)14-20(29)15-28(16-24)19-4-10-30-11-5-19/h2-3,12-13,19-20,29H,4-11,14-16H2,1H3. The fourth-order valence-electron chi connectivity index (χ4n) is 5.82. The van der Waals surface area contributed by atoms with E-state index in [1.807, 2.05) is 6.07 Å². The summed E-state index contributed by atoms with van der Waals surface area (Å²) in [6.45, 7) is 7.49. The molecular formula is C24H32FN3O2. The van der Waals surface area contributed by atoms with Gasteiger partial charge in [-0.15, -0.1) is 0 Å². The largest absolute Gasteiger partial charge is 0.392 e. The second kappa shape index (κ2) is 8.06. The Labute approximate surface area is 177 Å². The number of pyridine rings is 1. The van der Waals surface area contributed by atoms with Crippen LogP contribution in [0.1, 0.15) is 37.7 Å². The van der Waals surface area contributed by atoms with E-state index < -0.39 is 0 Å². The van der Waals surface area contributed by atoms with Gasteiger partial charge >= 0.3 is 0 Å². The molecule has 1 aromatic carbocycles. The van der Waals surface area contributed by atoms with Crippen molar-refractivity contribution < 1.29 is 14.2 Å². The molecule has 0 amide bonds. The van der Waals surface area contributed by atoms with E-state index in [1.165, 1.54) is 12.1 Å². The van der Waals surface area contributed by atoms with Crippen molar-refractivity contribution in [1.29, 1.82) is 0 Å². The third-order valence-corrected chi connectivity index (χ3v) is 7.47. The van der Waals surface area contributed by atoms with Crippen LogP contribution in [0.15, 0.2) is 24.3 Å². The third kappa shape index (κ3) is 3.93. The number of rotatable bonds is 2. The summed E-state index contributed by atoms with van der Waals surface area (Å²) in [5.41, 5.74) is 2.04. The Morgan fingerprint density at radius 2 is 1.93 bits per heavy atom. The van der Waals surface area contributed by atoms with Crippen LogP contribution in [-0.4, -0.2) is 66.5 Å². The van der Waals surface area contributed by atoms with Gasteiger partial charge in [0.2, 0.25) is 0 Å². The van der Waals surface area contributed by atoms with Crippen molar-refractivity contribution in [2.75, 3.05) is 44.3 Å². The fourth-order valence-corrected chi connectivity index (χ4v) is 5.82. The minimum absolute atomic E-state index is 0.185. The van der Waals surface area contributed by atoms with Crippen LogP contribution in [0.2, 0.25) is 0 Å². The lowest BCUT2D eigenvalue weighted by molar-refractivity contribution is -0.0602. The molecule has 3 aliphatic heterocycles. The molecule has 0 radical (unpaired) electrons. The highest BCUT2D eigenvalue weighted by atomic mass is 19.1. The van der Waals surface area contributed by atoms with E-state index in [2.05, 4.69) is 22.8 Å². The van der Waals surface area contributed by atoms with Gasteiger partial charge in [0.15, 0.2) is 0 Å². The van der Waals surface area contributed by atoms with Gasteiger partial charge in [0, 0.05) is 56.9 Å². The summed E-state index contributed by atoms with van der Waals surface area (Å²) in [5, 5.41) is 11.7. The second-order valence-electron chi connectivity index (χ2n) is 9.58. The second-order valence-corrected chi connectivity index (χ2v) is 9.58. The van der Waals surface area contributed by atoms with E-state index in [0.717, 1.165) is 93.8 Å². The van der Waals surface area contributed by atoms with Crippen molar-refractivity contribution in [3.63, 3.8) is 0 Å². The van der Waals surface area contributed by atoms with Crippen LogP contribution in [0, 0.1) is 18.2 Å². The molecule has 1 unspecified atom stereocenters. The first-order valence-corrected chi connectivity index (χ1v) is 11.3. The zero-order valence-electron chi connectivity index (χ0n) is 17.8. The van der Waals surface area contributed by atoms with Gasteiger partial charge in [-0.2, -0.15) is 0 Å². The molecule has 30 heavy (non-hydrogen) atoms. The van der Waals surface area contributed by atoms with E-state index in [0.29, 0.717) is 6.04 Å². The van der Waals surface area contributed by atoms with Crippen LogP contribution >= 0.6 is 0 Å². The number of aromatic nitrogens is 1. The third-order valence-electron chi connectivity index (χ3n) is 7.47. The number of halogens is 1. The SMILES string of the molecule is Cc1cc(N2CCC3(CC2)CC(O)CN(C2CCOCC2)C3)nc2cc(F)ccc12. The minimum atomic E-state index is -0.242. The number of nitrogens with zero attached hydrogens (tertiary/aromatic N) is 3. The smallest absolute Gasteiger partial charge is 0.129 e. The zero-order valence-corrected chi connectivity index (χ0v) is 17.8. The van der Waals surface area contributed by atoms with Crippen LogP contribution in [0.25, 0.3) is 10.9 Å². The maximum Gasteiger partial charge on any atom is 0.129 e. The monoisotopic (exact) mass is 413 g/mol. The molecule has 3 aliphatic rings. The quantitative estimate of drug-likeness (QED) is 0.817. The number of aryl methyl sites for hydroxylation is 1. The molecule has 4 heterocycles. The Hall–Kier alpha value is -1.76. The Morgan fingerprint density at radius 3 is 2.70 bits per heavy atom. The molecule has 1 spiro atoms. The van der Waals surface area contributed by atoms with Crippen molar-refractivity contribution in [2.45, 2.75) is 51.2 Å². The summed E-state index contributed by atoms with van der Waals surface area (Å²) in [7, 11) is 0. The number of likely N-dealkylation sites (tertiary alicyclic amines) is 1. The number of piperidine rings is 2.